The van der Waals surface area contributed by atoms with Crippen molar-refractivity contribution < 1.29 is 5.11 Å². The van der Waals surface area contributed by atoms with Crippen LogP contribution in [0.4, 0.5) is 0 Å². The minimum absolute atomic E-state index is 0.221. The Morgan fingerprint density at radius 3 is 3.00 bits per heavy atom. The smallest absolute Gasteiger partial charge is 0.107 e. The summed E-state index contributed by atoms with van der Waals surface area (Å²) in [5.41, 5.74) is 0. The third-order valence-corrected chi connectivity index (χ3v) is 2.47. The number of thiazole rings is 1. The lowest BCUT2D eigenvalue weighted by Gasteiger charge is -2.16. The molecule has 0 aliphatic heterocycles. The zero-order chi connectivity index (χ0) is 8.81. The van der Waals surface area contributed by atoms with E-state index in [1.807, 2.05) is 11.6 Å². The number of aromatic nitrogens is 1. The second-order valence-electron chi connectivity index (χ2n) is 2.52. The van der Waals surface area contributed by atoms with Gasteiger partial charge in [-0.2, -0.15) is 0 Å². The molecule has 0 saturated heterocycles. The van der Waals surface area contributed by atoms with E-state index in [2.05, 4.69) is 16.8 Å². The Hall–Kier alpha value is -0.450. The minimum atomic E-state index is 0.221. The van der Waals surface area contributed by atoms with Crippen LogP contribution < -0.4 is 0 Å². The van der Waals surface area contributed by atoms with Gasteiger partial charge in [-0.3, -0.25) is 4.90 Å². The average Bonchev–Trinajstić information content (AvgIpc) is 2.56. The third kappa shape index (κ3) is 2.89. The van der Waals surface area contributed by atoms with Crippen LogP contribution in [0.3, 0.4) is 0 Å². The van der Waals surface area contributed by atoms with Crippen molar-refractivity contribution in [1.29, 1.82) is 0 Å². The molecule has 1 aromatic rings. The lowest BCUT2D eigenvalue weighted by molar-refractivity contribution is 0.196. The van der Waals surface area contributed by atoms with E-state index in [0.29, 0.717) is 0 Å². The molecule has 12 heavy (non-hydrogen) atoms. The fourth-order valence-corrected chi connectivity index (χ4v) is 1.67. The summed E-state index contributed by atoms with van der Waals surface area (Å²) in [7, 11) is 0. The van der Waals surface area contributed by atoms with Gasteiger partial charge >= 0.3 is 0 Å². The van der Waals surface area contributed by atoms with E-state index in [1.165, 1.54) is 0 Å². The molecule has 1 rings (SSSR count). The van der Waals surface area contributed by atoms with Crippen LogP contribution in [0, 0.1) is 0 Å². The van der Waals surface area contributed by atoms with Crippen LogP contribution in [-0.2, 0) is 6.54 Å². The largest absolute Gasteiger partial charge is 0.395 e. The lowest BCUT2D eigenvalue weighted by atomic mass is 10.5. The van der Waals surface area contributed by atoms with E-state index >= 15 is 0 Å². The highest BCUT2D eigenvalue weighted by molar-refractivity contribution is 7.09. The van der Waals surface area contributed by atoms with Gasteiger partial charge in [0.2, 0.25) is 0 Å². The fourth-order valence-electron chi connectivity index (χ4n) is 1.01. The second kappa shape index (κ2) is 5.24. The van der Waals surface area contributed by atoms with Gasteiger partial charge in [0.1, 0.15) is 5.01 Å². The SMILES string of the molecule is CCN(CCO)Cc1nccs1. The third-order valence-electron chi connectivity index (χ3n) is 1.71. The summed E-state index contributed by atoms with van der Waals surface area (Å²) in [6, 6.07) is 0. The van der Waals surface area contributed by atoms with E-state index in [4.69, 9.17) is 5.11 Å². The van der Waals surface area contributed by atoms with Gasteiger partial charge in [-0.05, 0) is 6.54 Å². The van der Waals surface area contributed by atoms with Gasteiger partial charge in [0.05, 0.1) is 13.2 Å². The van der Waals surface area contributed by atoms with Crippen molar-refractivity contribution in [2.24, 2.45) is 0 Å². The summed E-state index contributed by atoms with van der Waals surface area (Å²) in [6.07, 6.45) is 1.81. The zero-order valence-electron chi connectivity index (χ0n) is 7.23. The van der Waals surface area contributed by atoms with E-state index in [9.17, 15) is 0 Å². The monoisotopic (exact) mass is 186 g/mol. The van der Waals surface area contributed by atoms with Crippen molar-refractivity contribution in [1.82, 2.24) is 9.88 Å². The molecule has 0 spiro atoms. The highest BCUT2D eigenvalue weighted by atomic mass is 32.1. The standard InChI is InChI=1S/C8H14N2OS/c1-2-10(4-5-11)7-8-9-3-6-12-8/h3,6,11H,2,4-5,7H2,1H3. The summed E-state index contributed by atoms with van der Waals surface area (Å²) >= 11 is 1.66. The number of aliphatic hydroxyl groups excluding tert-OH is 1. The molecule has 0 bridgehead atoms. The molecule has 0 amide bonds. The molecular formula is C8H14N2OS. The van der Waals surface area contributed by atoms with Crippen molar-refractivity contribution in [3.8, 4) is 0 Å². The van der Waals surface area contributed by atoms with Crippen LogP contribution in [0.2, 0.25) is 0 Å². The van der Waals surface area contributed by atoms with Crippen molar-refractivity contribution in [2.45, 2.75) is 13.5 Å². The van der Waals surface area contributed by atoms with Gasteiger partial charge in [0.15, 0.2) is 0 Å². The molecule has 0 saturated carbocycles. The molecular weight excluding hydrogens is 172 g/mol. The van der Waals surface area contributed by atoms with Crippen LogP contribution >= 0.6 is 11.3 Å². The summed E-state index contributed by atoms with van der Waals surface area (Å²) in [5, 5.41) is 11.8. The molecule has 1 aromatic heterocycles. The van der Waals surface area contributed by atoms with Crippen LogP contribution in [-0.4, -0.2) is 34.7 Å². The van der Waals surface area contributed by atoms with E-state index in [-0.39, 0.29) is 6.61 Å². The van der Waals surface area contributed by atoms with E-state index < -0.39 is 0 Å². The lowest BCUT2D eigenvalue weighted by Crippen LogP contribution is -2.25. The Morgan fingerprint density at radius 1 is 1.67 bits per heavy atom. The van der Waals surface area contributed by atoms with Crippen LogP contribution in [0.15, 0.2) is 11.6 Å². The van der Waals surface area contributed by atoms with Crippen LogP contribution in [0.5, 0.6) is 0 Å². The Bertz CT molecular complexity index is 201. The molecule has 0 fully saturated rings. The first-order valence-electron chi connectivity index (χ1n) is 4.08. The first kappa shape index (κ1) is 9.64. The van der Waals surface area contributed by atoms with E-state index in [1.54, 1.807) is 11.3 Å². The van der Waals surface area contributed by atoms with Gasteiger partial charge < -0.3 is 5.11 Å². The molecule has 0 atom stereocenters. The molecule has 0 aliphatic carbocycles. The molecule has 68 valence electrons. The van der Waals surface area contributed by atoms with E-state index in [0.717, 1.165) is 24.6 Å². The van der Waals surface area contributed by atoms with Crippen LogP contribution in [0.25, 0.3) is 0 Å². The molecule has 0 aromatic carbocycles. The summed E-state index contributed by atoms with van der Waals surface area (Å²) in [4.78, 5) is 6.35. The summed E-state index contributed by atoms with van der Waals surface area (Å²) < 4.78 is 0. The Labute approximate surface area is 76.7 Å². The first-order valence-corrected chi connectivity index (χ1v) is 4.96. The predicted molar refractivity (Wildman–Crippen MR) is 50.2 cm³/mol. The van der Waals surface area contributed by atoms with Gasteiger partial charge in [0, 0.05) is 18.1 Å². The molecule has 3 nitrogen and oxygen atoms in total. The second-order valence-corrected chi connectivity index (χ2v) is 3.50. The quantitative estimate of drug-likeness (QED) is 0.744. The minimum Gasteiger partial charge on any atom is -0.395 e. The van der Waals surface area contributed by atoms with Gasteiger partial charge in [-0.15, -0.1) is 11.3 Å². The molecule has 0 radical (unpaired) electrons. The maximum Gasteiger partial charge on any atom is 0.107 e. The number of hydrogen-bond acceptors (Lipinski definition) is 4. The topological polar surface area (TPSA) is 36.4 Å². The predicted octanol–water partition coefficient (Wildman–Crippen LogP) is 0.957. The normalized spacial score (nSPS) is 10.9. The molecule has 1 N–H and O–H groups in total. The molecule has 1 heterocycles. The Balaban J connectivity index is 2.37. The van der Waals surface area contributed by atoms with Gasteiger partial charge in [-0.25, -0.2) is 4.98 Å². The van der Waals surface area contributed by atoms with Gasteiger partial charge in [-0.1, -0.05) is 6.92 Å². The maximum absolute atomic E-state index is 8.74. The summed E-state index contributed by atoms with van der Waals surface area (Å²) in [5.74, 6) is 0. The van der Waals surface area contributed by atoms with Crippen molar-refractivity contribution in [3.63, 3.8) is 0 Å². The van der Waals surface area contributed by atoms with Crippen molar-refractivity contribution >= 4 is 11.3 Å². The van der Waals surface area contributed by atoms with Gasteiger partial charge in [0.25, 0.3) is 0 Å². The maximum atomic E-state index is 8.74. The number of nitrogens with zero attached hydrogens (tertiary/aromatic N) is 2. The highest BCUT2D eigenvalue weighted by Gasteiger charge is 2.03. The molecule has 4 heteroatoms. The van der Waals surface area contributed by atoms with Crippen molar-refractivity contribution in [3.05, 3.63) is 16.6 Å². The van der Waals surface area contributed by atoms with Crippen LogP contribution in [0.1, 0.15) is 11.9 Å². The zero-order valence-corrected chi connectivity index (χ0v) is 8.05. The highest BCUT2D eigenvalue weighted by Crippen LogP contribution is 2.07. The Morgan fingerprint density at radius 2 is 2.50 bits per heavy atom. The number of aliphatic hydroxyl groups is 1. The molecule has 0 unspecified atom stereocenters. The summed E-state index contributed by atoms with van der Waals surface area (Å²) in [6.45, 7) is 4.85. The van der Waals surface area contributed by atoms with Crippen molar-refractivity contribution in [2.75, 3.05) is 19.7 Å². The molecule has 0 aliphatic rings. The number of likely N-dealkylation sites (N-methyl/N-ethyl adjacent to an activating group) is 1. The number of rotatable bonds is 5. The number of hydrogen-bond donors (Lipinski definition) is 1. The Kier molecular flexibility index (Phi) is 4.21. The fraction of sp³-hybridized carbons (Fsp3) is 0.625. The average molecular weight is 186 g/mol. The first-order chi connectivity index (χ1) is 5.86.